The molecule has 0 saturated carbocycles. The van der Waals surface area contributed by atoms with Gasteiger partial charge < -0.3 is 0 Å². The van der Waals surface area contributed by atoms with Crippen molar-refractivity contribution in [1.29, 1.82) is 0 Å². The molecule has 0 saturated heterocycles. The van der Waals surface area contributed by atoms with Crippen LogP contribution in [0.1, 0.15) is 46.2 Å². The maximum atomic E-state index is 4.44. The first-order chi connectivity index (χ1) is 12.5. The van der Waals surface area contributed by atoms with Crippen LogP contribution < -0.4 is 0 Å². The molecule has 2 aromatic rings. The molecule has 2 aliphatic carbocycles. The van der Waals surface area contributed by atoms with E-state index in [1.807, 2.05) is 0 Å². The maximum Gasteiger partial charge on any atom is -0.00136 e. The number of benzene rings is 2. The highest BCUT2D eigenvalue weighted by molar-refractivity contribution is 5.77. The van der Waals surface area contributed by atoms with Crippen LogP contribution in [0.2, 0.25) is 0 Å². The van der Waals surface area contributed by atoms with Crippen molar-refractivity contribution >= 4 is 11.6 Å². The molecular formula is C26H26. The summed E-state index contributed by atoms with van der Waals surface area (Å²) < 4.78 is 0. The molecule has 0 nitrogen and oxygen atoms in total. The molecule has 0 aliphatic heterocycles. The predicted molar refractivity (Wildman–Crippen MR) is 113 cm³/mol. The quantitative estimate of drug-likeness (QED) is 0.568. The third kappa shape index (κ3) is 2.90. The van der Waals surface area contributed by atoms with E-state index in [0.29, 0.717) is 0 Å². The minimum absolute atomic E-state index is 0.935. The van der Waals surface area contributed by atoms with Crippen molar-refractivity contribution in [3.05, 3.63) is 105 Å². The molecule has 0 heterocycles. The Morgan fingerprint density at radius 3 is 2.35 bits per heavy atom. The van der Waals surface area contributed by atoms with Crippen LogP contribution in [0.5, 0.6) is 0 Å². The molecule has 0 N–H and O–H groups in total. The molecule has 26 heavy (non-hydrogen) atoms. The van der Waals surface area contributed by atoms with E-state index in [4.69, 9.17) is 0 Å². The summed E-state index contributed by atoms with van der Waals surface area (Å²) in [5.74, 6) is 0. The SMILES string of the molecule is C=C(CC1=CCC=C1C1=Cc2c(C)cccc2C1)c1c(C)cccc1C. The van der Waals surface area contributed by atoms with E-state index >= 15 is 0 Å². The van der Waals surface area contributed by atoms with Crippen LogP contribution in [0.15, 0.2) is 71.8 Å². The minimum Gasteiger partial charge on any atom is -0.0949 e. The summed E-state index contributed by atoms with van der Waals surface area (Å²) in [6.07, 6.45) is 10.2. The molecule has 2 aromatic carbocycles. The predicted octanol–water partition coefficient (Wildman–Crippen LogP) is 6.91. The molecule has 0 amide bonds. The molecule has 0 atom stereocenters. The Hall–Kier alpha value is -2.60. The monoisotopic (exact) mass is 338 g/mol. The van der Waals surface area contributed by atoms with Gasteiger partial charge in [0.15, 0.2) is 0 Å². The molecule has 0 fully saturated rings. The summed E-state index contributed by atoms with van der Waals surface area (Å²) in [5, 5.41) is 0. The largest absolute Gasteiger partial charge is 0.0949 e. The summed E-state index contributed by atoms with van der Waals surface area (Å²) in [6, 6.07) is 13.2. The highest BCUT2D eigenvalue weighted by Crippen LogP contribution is 2.39. The van der Waals surface area contributed by atoms with Crippen molar-refractivity contribution in [2.24, 2.45) is 0 Å². The van der Waals surface area contributed by atoms with Crippen LogP contribution in [0, 0.1) is 20.8 Å². The number of allylic oxidation sites excluding steroid dienone is 6. The van der Waals surface area contributed by atoms with Crippen LogP contribution in [0.25, 0.3) is 11.6 Å². The summed E-state index contributed by atoms with van der Waals surface area (Å²) in [5.41, 5.74) is 13.8. The fraction of sp³-hybridized carbons (Fsp3) is 0.231. The summed E-state index contributed by atoms with van der Waals surface area (Å²) in [7, 11) is 0. The fourth-order valence-corrected chi connectivity index (χ4v) is 4.46. The second-order valence-corrected chi connectivity index (χ2v) is 7.62. The third-order valence-corrected chi connectivity index (χ3v) is 5.73. The van der Waals surface area contributed by atoms with Crippen LogP contribution in [-0.4, -0.2) is 0 Å². The average Bonchev–Trinajstić information content (AvgIpc) is 3.21. The number of fused-ring (bicyclic) bond motifs is 1. The van der Waals surface area contributed by atoms with E-state index in [1.54, 1.807) is 0 Å². The van der Waals surface area contributed by atoms with E-state index in [9.17, 15) is 0 Å². The molecule has 0 aromatic heterocycles. The maximum absolute atomic E-state index is 4.44. The van der Waals surface area contributed by atoms with Crippen LogP contribution in [0.3, 0.4) is 0 Å². The van der Waals surface area contributed by atoms with Crippen LogP contribution in [0.4, 0.5) is 0 Å². The van der Waals surface area contributed by atoms with Crippen molar-refractivity contribution in [2.45, 2.75) is 40.0 Å². The van der Waals surface area contributed by atoms with E-state index in [1.165, 1.54) is 55.7 Å². The van der Waals surface area contributed by atoms with E-state index < -0.39 is 0 Å². The molecule has 0 spiro atoms. The molecule has 0 heteroatoms. The van der Waals surface area contributed by atoms with Gasteiger partial charge in [0.05, 0.1) is 0 Å². The van der Waals surface area contributed by atoms with Gasteiger partial charge in [0.1, 0.15) is 0 Å². The Bertz CT molecular complexity index is 972. The Morgan fingerprint density at radius 2 is 1.62 bits per heavy atom. The smallest absolute Gasteiger partial charge is 0.00136 e. The van der Waals surface area contributed by atoms with Crippen molar-refractivity contribution in [1.82, 2.24) is 0 Å². The first kappa shape index (κ1) is 16.8. The molecular weight excluding hydrogens is 312 g/mol. The fourth-order valence-electron chi connectivity index (χ4n) is 4.46. The second kappa shape index (κ2) is 6.61. The number of hydrogen-bond acceptors (Lipinski definition) is 0. The Morgan fingerprint density at radius 1 is 0.923 bits per heavy atom. The lowest BCUT2D eigenvalue weighted by Gasteiger charge is -2.16. The zero-order valence-corrected chi connectivity index (χ0v) is 16.0. The third-order valence-electron chi connectivity index (χ3n) is 5.73. The molecule has 0 bridgehead atoms. The Kier molecular flexibility index (Phi) is 4.28. The highest BCUT2D eigenvalue weighted by Gasteiger charge is 2.22. The first-order valence-corrected chi connectivity index (χ1v) is 9.48. The summed E-state index contributed by atoms with van der Waals surface area (Å²) in [6.45, 7) is 11.0. The van der Waals surface area contributed by atoms with Crippen molar-refractivity contribution < 1.29 is 0 Å². The van der Waals surface area contributed by atoms with Gasteiger partial charge in [-0.05, 0) is 95.7 Å². The summed E-state index contributed by atoms with van der Waals surface area (Å²) >= 11 is 0. The zero-order valence-electron chi connectivity index (χ0n) is 16.0. The normalized spacial score (nSPS) is 15.4. The van der Waals surface area contributed by atoms with Crippen LogP contribution >= 0.6 is 0 Å². The first-order valence-electron chi connectivity index (χ1n) is 9.48. The Labute approximate surface area is 157 Å². The lowest BCUT2D eigenvalue weighted by molar-refractivity contribution is 1.16. The molecule has 130 valence electrons. The van der Waals surface area contributed by atoms with Gasteiger partial charge in [-0.15, -0.1) is 0 Å². The van der Waals surface area contributed by atoms with Crippen molar-refractivity contribution in [2.75, 3.05) is 0 Å². The number of aryl methyl sites for hydroxylation is 3. The van der Waals surface area contributed by atoms with E-state index in [0.717, 1.165) is 19.3 Å². The zero-order chi connectivity index (χ0) is 18.3. The van der Waals surface area contributed by atoms with Gasteiger partial charge in [-0.1, -0.05) is 61.2 Å². The average molecular weight is 338 g/mol. The lowest BCUT2D eigenvalue weighted by Crippen LogP contribution is -1.97. The standard InChI is InChI=1S/C26H26/c1-17-8-6-11-22-15-23(16-25(17)22)24-13-7-12-21(24)14-20(4)26-18(2)9-5-10-19(26)3/h5-6,8-13,16H,4,7,14-15H2,1-3H3. The number of rotatable bonds is 4. The van der Waals surface area contributed by atoms with Gasteiger partial charge >= 0.3 is 0 Å². The van der Waals surface area contributed by atoms with Crippen molar-refractivity contribution in [3.8, 4) is 0 Å². The molecule has 2 aliphatic rings. The topological polar surface area (TPSA) is 0 Å². The molecule has 4 rings (SSSR count). The Balaban J connectivity index is 1.58. The van der Waals surface area contributed by atoms with Gasteiger partial charge in [-0.3, -0.25) is 0 Å². The highest BCUT2D eigenvalue weighted by atomic mass is 14.3. The van der Waals surface area contributed by atoms with Crippen molar-refractivity contribution in [3.63, 3.8) is 0 Å². The van der Waals surface area contributed by atoms with Gasteiger partial charge in [0.25, 0.3) is 0 Å². The van der Waals surface area contributed by atoms with Gasteiger partial charge in [-0.2, -0.15) is 0 Å². The lowest BCUT2D eigenvalue weighted by atomic mass is 9.89. The summed E-state index contributed by atoms with van der Waals surface area (Å²) in [4.78, 5) is 0. The number of hydrogen-bond donors (Lipinski definition) is 0. The second-order valence-electron chi connectivity index (χ2n) is 7.62. The molecule has 0 unspecified atom stereocenters. The van der Waals surface area contributed by atoms with Gasteiger partial charge in [0.2, 0.25) is 0 Å². The molecule has 0 radical (unpaired) electrons. The van der Waals surface area contributed by atoms with Gasteiger partial charge in [-0.25, -0.2) is 0 Å². The van der Waals surface area contributed by atoms with Crippen LogP contribution in [-0.2, 0) is 6.42 Å². The minimum atomic E-state index is 0.935. The van der Waals surface area contributed by atoms with E-state index in [-0.39, 0.29) is 0 Å². The van der Waals surface area contributed by atoms with Gasteiger partial charge in [0, 0.05) is 0 Å². The van der Waals surface area contributed by atoms with E-state index in [2.05, 4.69) is 82.0 Å².